The molecule has 19 atom stereocenters. The van der Waals surface area contributed by atoms with Gasteiger partial charge in [0.25, 0.3) is 5.91 Å². The number of hydrogen-bond donors (Lipinski definition) is 30. The van der Waals surface area contributed by atoms with Gasteiger partial charge in [0, 0.05) is 98.6 Å². The van der Waals surface area contributed by atoms with Gasteiger partial charge in [0.15, 0.2) is 11.9 Å². The molecule has 20 amide bonds. The van der Waals surface area contributed by atoms with Crippen LogP contribution in [-0.4, -0.2) is 393 Å². The first-order valence-electron chi connectivity index (χ1n) is 48.0. The quantitative estimate of drug-likeness (QED) is 0.0224. The van der Waals surface area contributed by atoms with Crippen LogP contribution in [0.4, 0.5) is 0 Å². The number of aliphatic hydroxyl groups is 4. The average molecular weight is 2120 g/mol. The predicted molar refractivity (Wildman–Crippen MR) is 531 cm³/mol. The third-order valence-electron chi connectivity index (χ3n) is 23.7. The van der Waals surface area contributed by atoms with E-state index >= 15 is 19.2 Å². The minimum Gasteiger partial charge on any atom is -0.394 e. The maximum atomic E-state index is 15.1. The van der Waals surface area contributed by atoms with E-state index in [9.17, 15) is 97.1 Å². The molecule has 0 aliphatic carbocycles. The first-order valence-corrected chi connectivity index (χ1v) is 51.5. The van der Waals surface area contributed by atoms with Gasteiger partial charge in [0.1, 0.15) is 96.7 Å². The van der Waals surface area contributed by atoms with Crippen LogP contribution in [0.15, 0.2) is 25.0 Å². The smallest absolute Gasteiger partial charge is 0.257 e. The molecular weight excluding hydrogens is 1970 g/mol. The normalized spacial score (nSPS) is 26.0. The van der Waals surface area contributed by atoms with Crippen molar-refractivity contribution in [3.63, 3.8) is 0 Å². The number of amides is 20. The van der Waals surface area contributed by atoms with Gasteiger partial charge in [0.05, 0.1) is 76.0 Å². The Morgan fingerprint density at radius 2 is 0.911 bits per heavy atom. The standard InChI is InChI=1S/C87H144N32O24S3/c1-10-45(6)67-83(141)105-55(29-50-31-95-39-99-50)75(133)110-60(79(137)100-47(8)69(89)127)35-144-23-17-64(124)116-40-117-42-118(41-116)66(126)19-25-146-37-62(81(139)115-114-59(34-122)78(136)108-58(33-121)76(134)103-53(26-43(2)3)73(131)106-56(27-44(4)5)85(143)119-22-13-16-63(119)82(140)101-52(72(130)112-67)15-12-21-97-87(92)93)111-74(132)54(28-49-30-94-38-98-49)104-77(135)57(32-120)107-71(129)51(14-11-20-96-86(90)91)102-84(142)68(48(9)123)113-80(138)61(109-70(128)46(7)88)36-145-24-18-65(117)125/h30-31,38-39,43-48,51-63,67-68,114,120-123H,10-29,32-37,40-42,88H2,1-9H3,(H2,89,127)(H,94,98)(H,95,99)(H,100,137)(H,101,140)(H,102,142)(H,103,134)(H,104,135)(H,105,141)(H,106,131)(H,107,129)(H,108,136)(H,109,128)(H,110,133)(H,111,132)(H,112,130)(H,113,138)(H,115,139)(H4,90,91,96)(H4,92,93,97)/t45-,46-,47-,48-,51-,52-,53-,54-,55-,56-,57-,58-,59-,60-,61-,62-,63-,67-,68-/m0/s1. The molecule has 0 unspecified atom stereocenters. The van der Waals surface area contributed by atoms with Crippen molar-refractivity contribution in [1.82, 2.24) is 135 Å². The third kappa shape index (κ3) is 40.2. The molecule has 0 aromatic carbocycles. The summed E-state index contributed by atoms with van der Waals surface area (Å²) in [6.45, 7) is 8.78. The molecule has 0 saturated carbocycles. The van der Waals surface area contributed by atoms with Gasteiger partial charge in [-0.2, -0.15) is 35.3 Å². The first kappa shape index (κ1) is 122. The van der Waals surface area contributed by atoms with Crippen molar-refractivity contribution in [2.75, 3.05) is 94.0 Å². The van der Waals surface area contributed by atoms with Crippen molar-refractivity contribution < 1.29 is 116 Å². The number of hydrogen-bond acceptors (Lipinski definition) is 33. The second kappa shape index (κ2) is 61.6. The number of carbonyl (C=O) groups is 20. The molecular formula is C87H144N32O24S3. The van der Waals surface area contributed by atoms with Crippen LogP contribution in [0.2, 0.25) is 0 Å². The molecule has 0 radical (unpaired) electrons. The Balaban J connectivity index is 1.49. The first-order chi connectivity index (χ1) is 69.2. The molecule has 4 aliphatic rings. The minimum atomic E-state index is -1.99. The zero-order valence-electron chi connectivity index (χ0n) is 83.1. The molecule has 34 N–H and O–H groups in total. The number of nitrogens with zero attached hydrogens (tertiary/aromatic N) is 6. The maximum absolute atomic E-state index is 15.1. The Bertz CT molecular complexity index is 4800. The summed E-state index contributed by atoms with van der Waals surface area (Å²) in [5.74, 6) is -24.1. The van der Waals surface area contributed by atoms with Gasteiger partial charge in [0.2, 0.25) is 112 Å². The average Bonchev–Trinajstić information content (AvgIpc) is 1.72. The fraction of sp³-hybridized carbons (Fsp3) is 0.678. The number of hydrazine groups is 1. The van der Waals surface area contributed by atoms with Gasteiger partial charge in [-0.3, -0.25) is 112 Å². The van der Waals surface area contributed by atoms with E-state index in [0.29, 0.717) is 0 Å². The van der Waals surface area contributed by atoms with Gasteiger partial charge in [-0.05, 0) is 89.9 Å². The lowest BCUT2D eigenvalue weighted by Gasteiger charge is -2.42. The second-order valence-corrected chi connectivity index (χ2v) is 40.0. The number of nitrogens with two attached hydrogens (primary N) is 4. The highest BCUT2D eigenvalue weighted by Gasteiger charge is 2.44. The lowest BCUT2D eigenvalue weighted by Crippen LogP contribution is -2.63. The molecule has 0 spiro atoms. The van der Waals surface area contributed by atoms with E-state index in [1.165, 1.54) is 43.8 Å². The van der Waals surface area contributed by atoms with Gasteiger partial charge in [-0.25, -0.2) is 15.4 Å². The Morgan fingerprint density at radius 3 is 1.38 bits per heavy atom. The van der Waals surface area contributed by atoms with Crippen molar-refractivity contribution >= 4 is 165 Å². The van der Waals surface area contributed by atoms with Crippen molar-refractivity contribution in [1.29, 1.82) is 10.8 Å². The van der Waals surface area contributed by atoms with E-state index in [2.05, 4.69) is 116 Å². The maximum Gasteiger partial charge on any atom is 0.257 e. The molecule has 2 aromatic rings. The fourth-order valence-electron chi connectivity index (χ4n) is 15.3. The van der Waals surface area contributed by atoms with Crippen LogP contribution in [0, 0.1) is 28.6 Å². The number of H-pyrrole nitrogens is 2. The van der Waals surface area contributed by atoms with Crippen molar-refractivity contribution in [3.8, 4) is 0 Å². The highest BCUT2D eigenvalue weighted by atomic mass is 32.2. The number of aromatic nitrogens is 4. The van der Waals surface area contributed by atoms with Crippen LogP contribution in [0.25, 0.3) is 0 Å². The Morgan fingerprint density at radius 1 is 0.493 bits per heavy atom. The molecule has 6 rings (SSSR count). The number of fused-ring (bicyclic) bond motifs is 8. The largest absolute Gasteiger partial charge is 0.394 e. The summed E-state index contributed by atoms with van der Waals surface area (Å²) in [7, 11) is 0. The topological polar surface area (TPSA) is 861 Å². The summed E-state index contributed by atoms with van der Waals surface area (Å²) in [5, 5.41) is 99.5. The van der Waals surface area contributed by atoms with Crippen molar-refractivity contribution in [3.05, 3.63) is 36.4 Å². The zero-order chi connectivity index (χ0) is 108. The van der Waals surface area contributed by atoms with Crippen LogP contribution in [0.3, 0.4) is 0 Å². The van der Waals surface area contributed by atoms with Gasteiger partial charge < -0.3 is 158 Å². The van der Waals surface area contributed by atoms with Crippen LogP contribution in [0.5, 0.6) is 0 Å². The number of imidazole rings is 2. The number of rotatable bonds is 27. The summed E-state index contributed by atoms with van der Waals surface area (Å²) < 4.78 is 0. The summed E-state index contributed by atoms with van der Waals surface area (Å²) >= 11 is 2.69. The molecule has 6 heterocycles. The summed E-state index contributed by atoms with van der Waals surface area (Å²) in [5.41, 5.74) is 27.5. The number of guanidine groups is 2. The summed E-state index contributed by atoms with van der Waals surface area (Å²) in [6.07, 6.45) is 1.15. The highest BCUT2D eigenvalue weighted by Crippen LogP contribution is 2.25. The summed E-state index contributed by atoms with van der Waals surface area (Å²) in [4.78, 5) is 309. The Hall–Kier alpha value is -12.8. The number of carbonyl (C=O) groups excluding carboxylic acids is 20. The lowest BCUT2D eigenvalue weighted by atomic mass is 9.96. The van der Waals surface area contributed by atoms with E-state index in [-0.39, 0.29) is 136 Å². The molecule has 2 aromatic heterocycles. The molecule has 4 fully saturated rings. The fourth-order valence-corrected chi connectivity index (χ4v) is 18.2. The van der Waals surface area contributed by atoms with Crippen molar-refractivity contribution in [2.45, 2.75) is 261 Å². The third-order valence-corrected chi connectivity index (χ3v) is 26.9. The number of thioether (sulfide) groups is 3. The number of aliphatic hydroxyl groups excluding tert-OH is 4. The van der Waals surface area contributed by atoms with Crippen LogP contribution in [-0.2, 0) is 109 Å². The number of nitrogens with one attached hydrogen (secondary N) is 22. The molecule has 146 heavy (non-hydrogen) atoms. The van der Waals surface area contributed by atoms with E-state index in [0.717, 1.165) is 56.9 Å². The molecule has 814 valence electrons. The van der Waals surface area contributed by atoms with Crippen LogP contribution in [0.1, 0.15) is 151 Å². The van der Waals surface area contributed by atoms with Gasteiger partial charge >= 0.3 is 0 Å². The Labute approximate surface area is 855 Å². The van der Waals surface area contributed by atoms with Gasteiger partial charge in [-0.15, -0.1) is 0 Å². The minimum absolute atomic E-state index is 0.00976. The van der Waals surface area contributed by atoms with Crippen LogP contribution < -0.4 is 119 Å². The number of aromatic amines is 2. The molecule has 4 aliphatic heterocycles. The zero-order valence-corrected chi connectivity index (χ0v) is 85.6. The molecule has 59 heteroatoms. The Kier molecular flexibility index (Phi) is 51.4. The number of primary amides is 1. The van der Waals surface area contributed by atoms with E-state index in [1.54, 1.807) is 41.5 Å². The molecule has 4 bridgehead atoms. The SMILES string of the molecule is CC[C@H](C)[C@@H]1NC(=O)[C@H](CCCNC(=N)N)NC(=O)[C@@H]2CCCN2C(=O)[C@H](CC(C)C)NC(=O)[C@H](CC(C)C)NC(=O)[C@H](CO)NC(=O)[C@H](CO)NNC(=O)[C@@H]2CSCCC(=O)N3CN(CN(C3)C(=O)CCSC[C@@H](C(=O)N[C@@H](C)C(N)=O)NC(=O)[C@H](Cc3c[nH]cn3)NC1=O)C(=O)CCSC[C@H](NC(=O)[C@H](C)N)C(=O)N[C@@H]([C@H](C)O)C(=O)N[C@@H](CCCNC(=N)N)C(=O)N[C@@H](CO)C(=O)N[C@@H](Cc1c[nH]cn1)C(=O)N2. The van der Waals surface area contributed by atoms with Gasteiger partial charge in [-0.1, -0.05) is 48.0 Å². The second-order valence-electron chi connectivity index (χ2n) is 36.6. The predicted octanol–water partition coefficient (Wildman–Crippen LogP) is -11.7. The van der Waals surface area contributed by atoms with E-state index in [4.69, 9.17) is 33.8 Å². The lowest BCUT2D eigenvalue weighted by molar-refractivity contribution is -0.158. The molecule has 4 saturated heterocycles. The van der Waals surface area contributed by atoms with E-state index in [1.807, 2.05) is 0 Å². The van der Waals surface area contributed by atoms with Crippen molar-refractivity contribution in [2.24, 2.45) is 40.7 Å². The monoisotopic (exact) mass is 2120 g/mol. The van der Waals surface area contributed by atoms with Crippen LogP contribution >= 0.6 is 35.3 Å². The summed E-state index contributed by atoms with van der Waals surface area (Å²) in [6, 6.07) is -27.7. The highest BCUT2D eigenvalue weighted by molar-refractivity contribution is 7.99. The molecule has 56 nitrogen and oxygen atoms in total. The van der Waals surface area contributed by atoms with E-state index < -0.39 is 316 Å².